The molecular weight excluding hydrogens is 764 g/mol. The smallest absolute Gasteiger partial charge is 0.335 e. The van der Waals surface area contributed by atoms with E-state index in [2.05, 4.69) is 0 Å². The van der Waals surface area contributed by atoms with Gasteiger partial charge in [0.25, 0.3) is 11.8 Å². The van der Waals surface area contributed by atoms with E-state index in [9.17, 15) is 59.4 Å². The highest BCUT2D eigenvalue weighted by Gasteiger charge is 2.43. The van der Waals surface area contributed by atoms with Crippen molar-refractivity contribution in [3.05, 3.63) is 0 Å². The van der Waals surface area contributed by atoms with Crippen LogP contribution in [0.1, 0.15) is 71.6 Å². The Balaban J connectivity index is 1.37. The SMILES string of the molecule is C[C@@H]1O[C@@H](OCCCC(=O)CN(CC(=O)CCCOCCOCCC(=O)ON2C(=O)CCC2=O)CC(=O)CCCO[C@@H]2O[C@@H](C)[C@@H](O)[C@@H](O)[C@@H]2O)[C@@H](O)[C@H](O)[C@@H]1O. The molecule has 0 aromatic heterocycles. The monoisotopic (exact) mass is 822 g/mol. The van der Waals surface area contributed by atoms with Gasteiger partial charge in [-0.3, -0.25) is 28.9 Å². The molecule has 0 saturated carbocycles. The maximum Gasteiger partial charge on any atom is 0.335 e. The van der Waals surface area contributed by atoms with E-state index in [4.69, 9.17) is 33.3 Å². The molecule has 3 rings (SSSR count). The minimum atomic E-state index is -1.49. The van der Waals surface area contributed by atoms with Crippen LogP contribution in [0.15, 0.2) is 0 Å². The van der Waals surface area contributed by atoms with Gasteiger partial charge in [-0.05, 0) is 33.1 Å². The number of aliphatic hydroxyl groups excluding tert-OH is 6. The molecule has 10 atom stereocenters. The largest absolute Gasteiger partial charge is 0.388 e. The number of amides is 2. The predicted octanol–water partition coefficient (Wildman–Crippen LogP) is -2.94. The zero-order valence-corrected chi connectivity index (χ0v) is 32.4. The van der Waals surface area contributed by atoms with E-state index in [1.54, 1.807) is 0 Å². The lowest BCUT2D eigenvalue weighted by Gasteiger charge is -2.38. The molecule has 0 spiro atoms. The van der Waals surface area contributed by atoms with E-state index in [0.717, 1.165) is 0 Å². The van der Waals surface area contributed by atoms with Crippen molar-refractivity contribution in [2.24, 2.45) is 0 Å². The number of hydrogen-bond acceptors (Lipinski definition) is 20. The molecule has 0 aliphatic carbocycles. The molecule has 57 heavy (non-hydrogen) atoms. The highest BCUT2D eigenvalue weighted by atomic mass is 16.7. The van der Waals surface area contributed by atoms with E-state index < -0.39 is 79.2 Å². The molecule has 0 bridgehead atoms. The summed E-state index contributed by atoms with van der Waals surface area (Å²) in [5.41, 5.74) is 0. The van der Waals surface area contributed by atoms with Crippen LogP contribution in [0.5, 0.6) is 0 Å². The molecule has 3 fully saturated rings. The van der Waals surface area contributed by atoms with Gasteiger partial charge >= 0.3 is 5.97 Å². The third kappa shape index (κ3) is 16.3. The molecule has 3 saturated heterocycles. The second kappa shape index (κ2) is 24.9. The first-order chi connectivity index (χ1) is 27.1. The molecule has 21 heteroatoms. The van der Waals surface area contributed by atoms with Crippen molar-refractivity contribution in [1.82, 2.24) is 9.96 Å². The number of ether oxygens (including phenoxy) is 6. The zero-order valence-electron chi connectivity index (χ0n) is 32.4. The second-order valence-electron chi connectivity index (χ2n) is 14.2. The molecule has 0 unspecified atom stereocenters. The zero-order chi connectivity index (χ0) is 42.1. The molecule has 3 heterocycles. The molecule has 6 N–H and O–H groups in total. The molecule has 0 radical (unpaired) electrons. The number of rotatable bonds is 27. The molecule has 0 aromatic carbocycles. The molecule has 21 nitrogen and oxygen atoms in total. The van der Waals surface area contributed by atoms with Crippen molar-refractivity contribution >= 4 is 35.1 Å². The van der Waals surface area contributed by atoms with E-state index in [-0.39, 0.29) is 128 Å². The van der Waals surface area contributed by atoms with Crippen molar-refractivity contribution in [2.75, 3.05) is 59.3 Å². The molecule has 3 aliphatic heterocycles. The summed E-state index contributed by atoms with van der Waals surface area (Å²) < 4.78 is 32.5. The number of carbonyl (C=O) groups is 6. The first-order valence-corrected chi connectivity index (χ1v) is 19.2. The quantitative estimate of drug-likeness (QED) is 0.0357. The van der Waals surface area contributed by atoms with E-state index >= 15 is 0 Å². The van der Waals surface area contributed by atoms with Gasteiger partial charge in [-0.1, -0.05) is 0 Å². The first-order valence-electron chi connectivity index (χ1n) is 19.2. The van der Waals surface area contributed by atoms with Gasteiger partial charge in [-0.25, -0.2) is 4.79 Å². The summed E-state index contributed by atoms with van der Waals surface area (Å²) in [6.07, 6.45) is -11.8. The number of nitrogens with zero attached hydrogens (tertiary/aromatic N) is 2. The maximum absolute atomic E-state index is 12.9. The Morgan fingerprint density at radius 1 is 0.579 bits per heavy atom. The Bertz CT molecular complexity index is 1250. The van der Waals surface area contributed by atoms with Crippen LogP contribution in [-0.4, -0.2) is 196 Å². The lowest BCUT2D eigenvalue weighted by Crippen LogP contribution is -2.57. The van der Waals surface area contributed by atoms with Crippen LogP contribution in [0.2, 0.25) is 0 Å². The normalized spacial score (nSPS) is 29.2. The summed E-state index contributed by atoms with van der Waals surface area (Å²) in [4.78, 5) is 79.7. The third-order valence-electron chi connectivity index (χ3n) is 9.35. The van der Waals surface area contributed by atoms with Gasteiger partial charge in [-0.2, -0.15) is 0 Å². The fourth-order valence-electron chi connectivity index (χ4n) is 6.05. The fraction of sp³-hybridized carbons (Fsp3) is 0.833. The minimum Gasteiger partial charge on any atom is -0.388 e. The number of ketones is 3. The van der Waals surface area contributed by atoms with Gasteiger partial charge in [0.15, 0.2) is 12.6 Å². The first kappa shape index (κ1) is 48.5. The molecule has 2 amide bonds. The van der Waals surface area contributed by atoms with Crippen molar-refractivity contribution in [3.8, 4) is 0 Å². The van der Waals surface area contributed by atoms with Crippen molar-refractivity contribution in [1.29, 1.82) is 0 Å². The topological polar surface area (TPSA) is 295 Å². The number of Topliss-reactive ketones (excluding diaryl/α,β-unsaturated/α-hetero) is 3. The van der Waals surface area contributed by atoms with E-state index in [1.165, 1.54) is 18.7 Å². The van der Waals surface area contributed by atoms with Crippen molar-refractivity contribution < 1.29 is 92.7 Å². The Hall–Kier alpha value is -2.90. The fourth-order valence-corrected chi connectivity index (χ4v) is 6.05. The van der Waals surface area contributed by atoms with Crippen LogP contribution in [0.25, 0.3) is 0 Å². The van der Waals surface area contributed by atoms with Crippen LogP contribution < -0.4 is 0 Å². The number of imide groups is 1. The van der Waals surface area contributed by atoms with E-state index in [1.807, 2.05) is 0 Å². The van der Waals surface area contributed by atoms with Crippen LogP contribution in [0, 0.1) is 0 Å². The highest BCUT2D eigenvalue weighted by molar-refractivity contribution is 6.01. The predicted molar refractivity (Wildman–Crippen MR) is 189 cm³/mol. The Kier molecular flexibility index (Phi) is 21.2. The molecule has 326 valence electrons. The van der Waals surface area contributed by atoms with Crippen molar-refractivity contribution in [3.63, 3.8) is 0 Å². The summed E-state index contributed by atoms with van der Waals surface area (Å²) in [6, 6.07) is 0. The van der Waals surface area contributed by atoms with E-state index in [0.29, 0.717) is 11.5 Å². The van der Waals surface area contributed by atoms with Gasteiger partial charge in [0.2, 0.25) is 0 Å². The highest BCUT2D eigenvalue weighted by Crippen LogP contribution is 2.23. The van der Waals surface area contributed by atoms with Gasteiger partial charge < -0.3 is 63.9 Å². The Labute approximate surface area is 329 Å². The minimum absolute atomic E-state index is 0.00512. The second-order valence-corrected chi connectivity index (χ2v) is 14.2. The summed E-state index contributed by atoms with van der Waals surface area (Å²) >= 11 is 0. The third-order valence-corrected chi connectivity index (χ3v) is 9.35. The lowest BCUT2D eigenvalue weighted by atomic mass is 10.00. The number of hydroxylamine groups is 2. The van der Waals surface area contributed by atoms with Gasteiger partial charge in [0, 0.05) is 38.7 Å². The van der Waals surface area contributed by atoms with Gasteiger partial charge in [0.05, 0.1) is 71.3 Å². The Morgan fingerprint density at radius 2 is 0.982 bits per heavy atom. The van der Waals surface area contributed by atoms with Gasteiger partial charge in [-0.15, -0.1) is 5.06 Å². The summed E-state index contributed by atoms with van der Waals surface area (Å²) in [5.74, 6) is -2.75. The molecule has 0 aromatic rings. The summed E-state index contributed by atoms with van der Waals surface area (Å²) in [7, 11) is 0. The lowest BCUT2D eigenvalue weighted by molar-refractivity contribution is -0.293. The number of hydrogen-bond donors (Lipinski definition) is 6. The number of carbonyl (C=O) groups excluding carboxylic acids is 6. The average molecular weight is 823 g/mol. The van der Waals surface area contributed by atoms with Crippen LogP contribution in [-0.2, 0) is 62.0 Å². The standard InChI is InChI=1S/C36H58N2O19/c1-21-29(45)31(47)33(49)35(55-21)53-13-4-7-24(40)19-37(20-25(41)8-5-14-54-36-34(50)32(48)30(46)22(2)56-36)18-23(39)6-3-12-51-16-17-52-15-11-28(44)57-38-26(42)9-10-27(38)43/h21-22,29-36,45-50H,3-20H2,1-2H3/t21-,22-,29+,30+,31+,32+,33-,34-,35+,36+/m0/s1. The molecular formula is C36H58N2O19. The van der Waals surface area contributed by atoms with Crippen LogP contribution in [0.3, 0.4) is 0 Å². The van der Waals surface area contributed by atoms with Gasteiger partial charge in [0.1, 0.15) is 54.0 Å². The van der Waals surface area contributed by atoms with Crippen LogP contribution >= 0.6 is 0 Å². The summed E-state index contributed by atoms with van der Waals surface area (Å²) in [5, 5.41) is 60.3. The number of aliphatic hydroxyl groups is 6. The summed E-state index contributed by atoms with van der Waals surface area (Å²) in [6.45, 7) is 2.84. The Morgan fingerprint density at radius 3 is 1.42 bits per heavy atom. The van der Waals surface area contributed by atoms with Crippen molar-refractivity contribution in [2.45, 2.75) is 133 Å². The maximum atomic E-state index is 12.9. The molecule has 3 aliphatic rings. The van der Waals surface area contributed by atoms with Crippen LogP contribution in [0.4, 0.5) is 0 Å². The average Bonchev–Trinajstić information content (AvgIpc) is 3.48.